The van der Waals surface area contributed by atoms with E-state index in [1.54, 1.807) is 7.05 Å². The van der Waals surface area contributed by atoms with Crippen LogP contribution < -0.4 is 10.6 Å². The lowest BCUT2D eigenvalue weighted by atomic mass is 9.89. The van der Waals surface area contributed by atoms with E-state index in [4.69, 9.17) is 4.74 Å². The lowest BCUT2D eigenvalue weighted by molar-refractivity contribution is 0.0905. The topological polar surface area (TPSA) is 66.2 Å². The van der Waals surface area contributed by atoms with Crippen LogP contribution in [0.3, 0.4) is 0 Å². The highest BCUT2D eigenvalue weighted by Crippen LogP contribution is 2.43. The Balaban J connectivity index is 1.72. The molecule has 2 fully saturated rings. The van der Waals surface area contributed by atoms with Gasteiger partial charge in [-0.05, 0) is 42.2 Å². The van der Waals surface area contributed by atoms with E-state index in [9.17, 15) is 4.79 Å². The first kappa shape index (κ1) is 15.5. The Morgan fingerprint density at radius 3 is 2.88 bits per heavy atom. The van der Waals surface area contributed by atoms with Crippen molar-refractivity contribution in [3.63, 3.8) is 0 Å². The van der Waals surface area contributed by atoms with Gasteiger partial charge in [-0.25, -0.2) is 4.79 Å². The van der Waals surface area contributed by atoms with Gasteiger partial charge in [-0.3, -0.25) is 0 Å². The third-order valence-corrected chi connectivity index (χ3v) is 5.45. The number of benzene rings is 1. The van der Waals surface area contributed by atoms with Crippen molar-refractivity contribution in [2.45, 2.75) is 50.3 Å². The number of rotatable bonds is 4. The van der Waals surface area contributed by atoms with Gasteiger partial charge < -0.3 is 20.4 Å². The summed E-state index contributed by atoms with van der Waals surface area (Å²) in [4.78, 5) is 15.2. The number of ether oxygens (including phenoxy) is 1. The number of H-pyrrole nitrogens is 1. The lowest BCUT2D eigenvalue weighted by Crippen LogP contribution is -2.39. The predicted molar refractivity (Wildman–Crippen MR) is 94.1 cm³/mol. The number of hydrogen-bond acceptors (Lipinski definition) is 3. The molecule has 2 saturated carbocycles. The SMILES string of the molecule is CNC(=O)OC1CC(C)C(NC2CC2)C1c1cccc2cc[nH]c12. The zero-order valence-corrected chi connectivity index (χ0v) is 14.2. The maximum Gasteiger partial charge on any atom is 0.407 e. The number of alkyl carbamates (subject to hydrolysis) is 1. The van der Waals surface area contributed by atoms with Crippen LogP contribution in [0.5, 0.6) is 0 Å². The molecule has 0 spiro atoms. The Hall–Kier alpha value is -2.01. The molecular formula is C19H25N3O2. The predicted octanol–water partition coefficient (Wildman–Crippen LogP) is 3.14. The van der Waals surface area contributed by atoms with Gasteiger partial charge in [0.15, 0.2) is 0 Å². The minimum atomic E-state index is -0.345. The quantitative estimate of drug-likeness (QED) is 0.808. The number of aromatic amines is 1. The highest BCUT2D eigenvalue weighted by Gasteiger charge is 2.46. The van der Waals surface area contributed by atoms with Crippen LogP contribution in [0, 0.1) is 5.92 Å². The number of amides is 1. The third-order valence-electron chi connectivity index (χ3n) is 5.45. The van der Waals surface area contributed by atoms with Gasteiger partial charge >= 0.3 is 6.09 Å². The second kappa shape index (κ2) is 6.13. The molecule has 0 bridgehead atoms. The Morgan fingerprint density at radius 1 is 1.29 bits per heavy atom. The number of nitrogens with one attached hydrogen (secondary N) is 3. The molecule has 0 saturated heterocycles. The molecule has 4 unspecified atom stereocenters. The summed E-state index contributed by atoms with van der Waals surface area (Å²) < 4.78 is 5.75. The van der Waals surface area contributed by atoms with Gasteiger partial charge in [0.2, 0.25) is 0 Å². The van der Waals surface area contributed by atoms with E-state index in [0.717, 1.165) is 11.9 Å². The average molecular weight is 327 g/mol. The normalized spacial score (nSPS) is 29.8. The monoisotopic (exact) mass is 327 g/mol. The Bertz CT molecular complexity index is 737. The molecule has 2 aliphatic rings. The molecule has 5 nitrogen and oxygen atoms in total. The molecule has 3 N–H and O–H groups in total. The molecular weight excluding hydrogens is 302 g/mol. The van der Waals surface area contributed by atoms with Gasteiger partial charge in [0.1, 0.15) is 6.10 Å². The van der Waals surface area contributed by atoms with Crippen molar-refractivity contribution in [1.29, 1.82) is 0 Å². The second-order valence-electron chi connectivity index (χ2n) is 7.19. The Labute approximate surface area is 142 Å². The molecule has 1 amide bonds. The molecule has 4 rings (SSSR count). The average Bonchev–Trinajstić information content (AvgIpc) is 3.17. The maximum absolute atomic E-state index is 11.8. The number of para-hydroxylation sites is 1. The minimum Gasteiger partial charge on any atom is -0.446 e. The zero-order chi connectivity index (χ0) is 16.7. The van der Waals surface area contributed by atoms with Crippen molar-refractivity contribution < 1.29 is 9.53 Å². The van der Waals surface area contributed by atoms with Crippen LogP contribution in [-0.4, -0.2) is 36.3 Å². The smallest absolute Gasteiger partial charge is 0.407 e. The molecule has 0 radical (unpaired) electrons. The Kier molecular flexibility index (Phi) is 3.96. The van der Waals surface area contributed by atoms with E-state index in [2.05, 4.69) is 46.8 Å². The van der Waals surface area contributed by atoms with Gasteiger partial charge in [0.05, 0.1) is 0 Å². The summed E-state index contributed by atoms with van der Waals surface area (Å²) in [5, 5.41) is 7.60. The van der Waals surface area contributed by atoms with Crippen molar-refractivity contribution in [3.8, 4) is 0 Å². The molecule has 128 valence electrons. The van der Waals surface area contributed by atoms with E-state index in [0.29, 0.717) is 18.0 Å². The van der Waals surface area contributed by atoms with Crippen molar-refractivity contribution in [2.75, 3.05) is 7.05 Å². The van der Waals surface area contributed by atoms with Gasteiger partial charge in [0.25, 0.3) is 0 Å². The summed E-state index contributed by atoms with van der Waals surface area (Å²) in [6.45, 7) is 2.26. The fourth-order valence-corrected chi connectivity index (χ4v) is 4.13. The molecule has 5 heteroatoms. The fourth-order valence-electron chi connectivity index (χ4n) is 4.13. The largest absolute Gasteiger partial charge is 0.446 e. The molecule has 1 aromatic heterocycles. The highest BCUT2D eigenvalue weighted by atomic mass is 16.6. The first-order chi connectivity index (χ1) is 11.7. The number of aromatic nitrogens is 1. The number of carbonyl (C=O) groups is 1. The summed E-state index contributed by atoms with van der Waals surface area (Å²) in [6, 6.07) is 9.44. The van der Waals surface area contributed by atoms with E-state index in [1.807, 2.05) is 6.20 Å². The number of carbonyl (C=O) groups excluding carboxylic acids is 1. The Morgan fingerprint density at radius 2 is 2.12 bits per heavy atom. The van der Waals surface area contributed by atoms with Gasteiger partial charge in [-0.15, -0.1) is 0 Å². The molecule has 0 aliphatic heterocycles. The van der Waals surface area contributed by atoms with Crippen LogP contribution in [0.2, 0.25) is 0 Å². The van der Waals surface area contributed by atoms with E-state index >= 15 is 0 Å². The third kappa shape index (κ3) is 2.77. The second-order valence-corrected chi connectivity index (χ2v) is 7.19. The van der Waals surface area contributed by atoms with Crippen molar-refractivity contribution in [1.82, 2.24) is 15.6 Å². The fraction of sp³-hybridized carbons (Fsp3) is 0.526. The summed E-state index contributed by atoms with van der Waals surface area (Å²) in [7, 11) is 1.61. The molecule has 24 heavy (non-hydrogen) atoms. The first-order valence-corrected chi connectivity index (χ1v) is 8.88. The van der Waals surface area contributed by atoms with Crippen LogP contribution >= 0.6 is 0 Å². The number of fused-ring (bicyclic) bond motifs is 1. The number of hydrogen-bond donors (Lipinski definition) is 3. The first-order valence-electron chi connectivity index (χ1n) is 8.88. The van der Waals surface area contributed by atoms with E-state index in [-0.39, 0.29) is 18.1 Å². The van der Waals surface area contributed by atoms with Gasteiger partial charge in [-0.1, -0.05) is 25.1 Å². The highest BCUT2D eigenvalue weighted by molar-refractivity contribution is 5.83. The standard InChI is InChI=1S/C19H25N3O2/c1-11-10-15(24-19(23)20-2)16(17(11)22-13-6-7-13)14-5-3-4-12-8-9-21-18(12)14/h3-5,8-9,11,13,15-17,21-22H,6-7,10H2,1-2H3,(H,20,23). The zero-order valence-electron chi connectivity index (χ0n) is 14.2. The van der Waals surface area contributed by atoms with Crippen LogP contribution in [0.1, 0.15) is 37.7 Å². The molecule has 2 aromatic rings. The van der Waals surface area contributed by atoms with Crippen LogP contribution in [-0.2, 0) is 4.74 Å². The van der Waals surface area contributed by atoms with Crippen molar-refractivity contribution in [3.05, 3.63) is 36.0 Å². The molecule has 1 aromatic carbocycles. The summed E-state index contributed by atoms with van der Waals surface area (Å²) in [5.41, 5.74) is 2.40. The molecule has 4 atom stereocenters. The van der Waals surface area contributed by atoms with Crippen molar-refractivity contribution in [2.24, 2.45) is 5.92 Å². The maximum atomic E-state index is 11.8. The van der Waals surface area contributed by atoms with Crippen molar-refractivity contribution >= 4 is 17.0 Å². The summed E-state index contributed by atoms with van der Waals surface area (Å²) in [6.07, 6.45) is 4.92. The van der Waals surface area contributed by atoms with Gasteiger partial charge in [-0.2, -0.15) is 0 Å². The van der Waals surface area contributed by atoms with Crippen LogP contribution in [0.25, 0.3) is 10.9 Å². The lowest BCUT2D eigenvalue weighted by Gasteiger charge is -2.28. The minimum absolute atomic E-state index is 0.106. The van der Waals surface area contributed by atoms with Crippen LogP contribution in [0.15, 0.2) is 30.5 Å². The van der Waals surface area contributed by atoms with E-state index < -0.39 is 0 Å². The van der Waals surface area contributed by atoms with Gasteiger partial charge in [0, 0.05) is 36.8 Å². The summed E-state index contributed by atoms with van der Waals surface area (Å²) in [5.74, 6) is 0.635. The van der Waals surface area contributed by atoms with E-state index in [1.165, 1.54) is 23.8 Å². The van der Waals surface area contributed by atoms with Crippen LogP contribution in [0.4, 0.5) is 4.79 Å². The molecule has 2 aliphatic carbocycles. The molecule has 1 heterocycles. The summed E-state index contributed by atoms with van der Waals surface area (Å²) >= 11 is 0.